The number of carbonyl (C=O) groups excluding carboxylic acids is 1. The smallest absolute Gasteiger partial charge is 0.284 e. The van der Waals surface area contributed by atoms with Crippen LogP contribution < -0.4 is 0 Å². The summed E-state index contributed by atoms with van der Waals surface area (Å²) in [6.45, 7) is 0. The summed E-state index contributed by atoms with van der Waals surface area (Å²) in [6.07, 6.45) is 2.47. The number of thioether (sulfide) groups is 1. The molecule has 132 valence electrons. The zero-order chi connectivity index (χ0) is 18.2. The highest BCUT2D eigenvalue weighted by Crippen LogP contribution is 2.37. The van der Waals surface area contributed by atoms with E-state index in [0.717, 1.165) is 12.0 Å². The minimum Gasteiger partial charge on any atom is -0.459 e. The van der Waals surface area contributed by atoms with Crippen molar-refractivity contribution < 1.29 is 13.6 Å². The van der Waals surface area contributed by atoms with Crippen LogP contribution in [0.4, 0.5) is 0 Å². The molecule has 4 aromatic rings. The molecular weight excluding hydrogens is 360 g/mol. The lowest BCUT2D eigenvalue weighted by molar-refractivity contribution is 0.102. The van der Waals surface area contributed by atoms with Crippen LogP contribution in [-0.4, -0.2) is 21.7 Å². The van der Waals surface area contributed by atoms with Crippen LogP contribution in [-0.2, 0) is 6.42 Å². The predicted octanol–water partition coefficient (Wildman–Crippen LogP) is 4.88. The Morgan fingerprint density at radius 2 is 1.89 bits per heavy atom. The second-order valence-corrected chi connectivity index (χ2v) is 7.19. The van der Waals surface area contributed by atoms with Crippen LogP contribution in [0.25, 0.3) is 22.8 Å². The number of nitrogens with zero attached hydrogens (tertiary/aromatic N) is 2. The fraction of sp³-hybridized carbons (Fsp3) is 0.0952. The zero-order valence-electron chi connectivity index (χ0n) is 14.2. The Bertz CT molecular complexity index is 1130. The number of rotatable bonds is 5. The number of fused-ring (bicyclic) bond motifs is 3. The Morgan fingerprint density at radius 3 is 2.78 bits per heavy atom. The van der Waals surface area contributed by atoms with Gasteiger partial charge in [0.05, 0.1) is 12.0 Å². The molecule has 5 rings (SSSR count). The van der Waals surface area contributed by atoms with Crippen molar-refractivity contribution in [3.05, 3.63) is 77.6 Å². The van der Waals surface area contributed by atoms with Crippen molar-refractivity contribution in [3.63, 3.8) is 0 Å². The van der Waals surface area contributed by atoms with E-state index in [0.29, 0.717) is 22.4 Å². The topological polar surface area (TPSA) is 69.1 Å². The molecular formula is C21H14N2O3S. The van der Waals surface area contributed by atoms with Crippen LogP contribution in [0.3, 0.4) is 0 Å². The summed E-state index contributed by atoms with van der Waals surface area (Å²) < 4.78 is 10.8. The number of benzene rings is 2. The maximum Gasteiger partial charge on any atom is 0.284 e. The minimum absolute atomic E-state index is 0.0323. The van der Waals surface area contributed by atoms with Gasteiger partial charge in [0.15, 0.2) is 11.5 Å². The summed E-state index contributed by atoms with van der Waals surface area (Å²) in [6, 6.07) is 17.8. The van der Waals surface area contributed by atoms with Crippen LogP contribution in [0.2, 0.25) is 0 Å². The molecule has 0 bridgehead atoms. The van der Waals surface area contributed by atoms with E-state index in [1.807, 2.05) is 18.2 Å². The van der Waals surface area contributed by atoms with E-state index in [-0.39, 0.29) is 11.5 Å². The second kappa shape index (κ2) is 6.55. The lowest BCUT2D eigenvalue weighted by Gasteiger charge is -2.04. The lowest BCUT2D eigenvalue weighted by Crippen LogP contribution is -2.02. The molecule has 0 atom stereocenters. The van der Waals surface area contributed by atoms with Crippen LogP contribution in [0, 0.1) is 0 Å². The summed E-state index contributed by atoms with van der Waals surface area (Å²) in [4.78, 5) is 12.6. The molecule has 0 saturated heterocycles. The number of hydrogen-bond donors (Lipinski definition) is 0. The molecule has 0 aliphatic heterocycles. The van der Waals surface area contributed by atoms with Crippen molar-refractivity contribution in [2.75, 3.05) is 5.75 Å². The molecule has 27 heavy (non-hydrogen) atoms. The van der Waals surface area contributed by atoms with Gasteiger partial charge in [0.1, 0.15) is 0 Å². The number of ketones is 1. The molecule has 2 aromatic carbocycles. The molecule has 0 fully saturated rings. The molecule has 0 amide bonds. The summed E-state index contributed by atoms with van der Waals surface area (Å²) in [5.41, 5.74) is 5.64. The first-order valence-corrected chi connectivity index (χ1v) is 9.51. The standard InChI is InChI=1S/C21H14N2O3S/c24-18(12-27-21-23-22-20(26-21)19-6-3-9-25-19)15-8-7-14-10-13-4-1-2-5-16(13)17(14)11-15/h1-9,11H,10,12H2. The van der Waals surface area contributed by atoms with Gasteiger partial charge in [-0.25, -0.2) is 0 Å². The first kappa shape index (κ1) is 16.1. The van der Waals surface area contributed by atoms with E-state index >= 15 is 0 Å². The van der Waals surface area contributed by atoms with Gasteiger partial charge in [-0.15, -0.1) is 10.2 Å². The molecule has 6 heteroatoms. The summed E-state index contributed by atoms with van der Waals surface area (Å²) in [5.74, 6) is 1.09. The van der Waals surface area contributed by atoms with Gasteiger partial charge in [0.2, 0.25) is 0 Å². The summed E-state index contributed by atoms with van der Waals surface area (Å²) in [5, 5.41) is 8.25. The van der Waals surface area contributed by atoms with Gasteiger partial charge in [-0.2, -0.15) is 0 Å². The second-order valence-electron chi connectivity index (χ2n) is 6.27. The highest BCUT2D eigenvalue weighted by molar-refractivity contribution is 7.99. The number of furan rings is 1. The maximum atomic E-state index is 12.6. The molecule has 0 unspecified atom stereocenters. The Hall–Kier alpha value is -3.12. The number of Topliss-reactive ketones (excluding diaryl/α,β-unsaturated/α-hetero) is 1. The van der Waals surface area contributed by atoms with Gasteiger partial charge < -0.3 is 8.83 Å². The third-order valence-electron chi connectivity index (χ3n) is 4.59. The monoisotopic (exact) mass is 374 g/mol. The first-order chi connectivity index (χ1) is 13.3. The molecule has 2 heterocycles. The fourth-order valence-corrected chi connectivity index (χ4v) is 3.93. The van der Waals surface area contributed by atoms with Crippen molar-refractivity contribution in [2.24, 2.45) is 0 Å². The predicted molar refractivity (Wildman–Crippen MR) is 102 cm³/mol. The average Bonchev–Trinajstić information content (AvgIpc) is 3.44. The molecule has 0 N–H and O–H groups in total. The van der Waals surface area contributed by atoms with Gasteiger partial charge in [0.25, 0.3) is 11.1 Å². The van der Waals surface area contributed by atoms with Gasteiger partial charge in [-0.1, -0.05) is 48.2 Å². The molecule has 0 saturated carbocycles. The van der Waals surface area contributed by atoms with Crippen molar-refractivity contribution >= 4 is 17.5 Å². The van der Waals surface area contributed by atoms with Crippen LogP contribution in [0.5, 0.6) is 0 Å². The summed E-state index contributed by atoms with van der Waals surface area (Å²) in [7, 11) is 0. The molecule has 0 spiro atoms. The van der Waals surface area contributed by atoms with Crippen molar-refractivity contribution in [1.82, 2.24) is 10.2 Å². The molecule has 5 nitrogen and oxygen atoms in total. The largest absolute Gasteiger partial charge is 0.459 e. The average molecular weight is 374 g/mol. The number of hydrogen-bond acceptors (Lipinski definition) is 6. The van der Waals surface area contributed by atoms with Gasteiger partial charge in [-0.05, 0) is 46.9 Å². The molecule has 0 radical (unpaired) electrons. The lowest BCUT2D eigenvalue weighted by atomic mass is 10.0. The Kier molecular flexibility index (Phi) is 3.90. The molecule has 1 aliphatic rings. The number of carbonyl (C=O) groups is 1. The van der Waals surface area contributed by atoms with Crippen molar-refractivity contribution in [2.45, 2.75) is 11.6 Å². The van der Waals surface area contributed by atoms with Crippen molar-refractivity contribution in [1.29, 1.82) is 0 Å². The van der Waals surface area contributed by atoms with E-state index in [4.69, 9.17) is 8.83 Å². The van der Waals surface area contributed by atoms with E-state index in [9.17, 15) is 4.79 Å². The first-order valence-electron chi connectivity index (χ1n) is 8.52. The number of aromatic nitrogens is 2. The Labute approximate surface area is 159 Å². The van der Waals surface area contributed by atoms with Crippen LogP contribution >= 0.6 is 11.8 Å². The van der Waals surface area contributed by atoms with Crippen LogP contribution in [0.15, 0.2) is 74.9 Å². The third kappa shape index (κ3) is 2.98. The fourth-order valence-electron chi connectivity index (χ4n) is 3.28. The highest BCUT2D eigenvalue weighted by atomic mass is 32.2. The van der Waals surface area contributed by atoms with Gasteiger partial charge in [0, 0.05) is 5.56 Å². The Morgan fingerprint density at radius 1 is 1.00 bits per heavy atom. The van der Waals surface area contributed by atoms with E-state index in [1.54, 1.807) is 18.4 Å². The van der Waals surface area contributed by atoms with Crippen molar-refractivity contribution in [3.8, 4) is 22.8 Å². The Balaban J connectivity index is 1.31. The quantitative estimate of drug-likeness (QED) is 0.323. The van der Waals surface area contributed by atoms with E-state index in [1.165, 1.54) is 28.5 Å². The molecule has 1 aliphatic carbocycles. The van der Waals surface area contributed by atoms with Gasteiger partial charge >= 0.3 is 0 Å². The third-order valence-corrected chi connectivity index (χ3v) is 5.40. The maximum absolute atomic E-state index is 12.6. The minimum atomic E-state index is 0.0323. The normalized spacial score (nSPS) is 12.0. The summed E-state index contributed by atoms with van der Waals surface area (Å²) >= 11 is 1.23. The van der Waals surface area contributed by atoms with Crippen LogP contribution in [0.1, 0.15) is 21.5 Å². The van der Waals surface area contributed by atoms with E-state index < -0.39 is 0 Å². The highest BCUT2D eigenvalue weighted by Gasteiger charge is 2.20. The van der Waals surface area contributed by atoms with Gasteiger partial charge in [-0.3, -0.25) is 4.79 Å². The molecule has 2 aromatic heterocycles. The van der Waals surface area contributed by atoms with E-state index in [2.05, 4.69) is 34.5 Å². The zero-order valence-corrected chi connectivity index (χ0v) is 15.0. The SMILES string of the molecule is O=C(CSc1nnc(-c2ccco2)o1)c1ccc2c(c1)-c1ccccc1C2.